The van der Waals surface area contributed by atoms with Crippen LogP contribution in [0.1, 0.15) is 11.7 Å². The zero-order valence-corrected chi connectivity index (χ0v) is 7.52. The Hall–Kier alpha value is -1.53. The fraction of sp³-hybridized carbons (Fsp3) is 0.222. The van der Waals surface area contributed by atoms with Crippen molar-refractivity contribution in [1.29, 1.82) is 0 Å². The number of amides is 1. The van der Waals surface area contributed by atoms with Gasteiger partial charge >= 0.3 is 0 Å². The summed E-state index contributed by atoms with van der Waals surface area (Å²) in [5.41, 5.74) is 4.46. The Labute approximate surface area is 83.9 Å². The minimum atomic E-state index is -1.90. The lowest BCUT2D eigenvalue weighted by Gasteiger charge is -2.15. The second kappa shape index (κ2) is 4.33. The van der Waals surface area contributed by atoms with Gasteiger partial charge in [-0.2, -0.15) is 0 Å². The molecule has 0 saturated carbocycles. The van der Waals surface area contributed by atoms with Gasteiger partial charge in [-0.15, -0.1) is 0 Å². The predicted molar refractivity (Wildman–Crippen MR) is 46.5 cm³/mol. The number of benzene rings is 1. The number of nitrogens with two attached hydrogens (primary N) is 1. The van der Waals surface area contributed by atoms with Crippen LogP contribution in [0.2, 0.25) is 0 Å². The van der Waals surface area contributed by atoms with Crippen molar-refractivity contribution in [2.24, 2.45) is 5.73 Å². The van der Waals surface area contributed by atoms with Crippen molar-refractivity contribution < 1.29 is 23.8 Å². The van der Waals surface area contributed by atoms with Crippen LogP contribution in [0.25, 0.3) is 0 Å². The number of carbonyl (C=O) groups excluding carboxylic acids is 1. The van der Waals surface area contributed by atoms with Crippen LogP contribution in [-0.4, -0.2) is 22.2 Å². The van der Waals surface area contributed by atoms with Gasteiger partial charge in [0.25, 0.3) is 0 Å². The summed E-state index contributed by atoms with van der Waals surface area (Å²) in [4.78, 5) is 10.5. The molecule has 82 valence electrons. The van der Waals surface area contributed by atoms with Gasteiger partial charge in [-0.05, 0) is 17.7 Å². The van der Waals surface area contributed by atoms with Gasteiger partial charge in [0, 0.05) is 6.07 Å². The molecular formula is C9H9F2NO3. The second-order valence-corrected chi connectivity index (χ2v) is 2.99. The van der Waals surface area contributed by atoms with Crippen molar-refractivity contribution in [2.75, 3.05) is 0 Å². The minimum Gasteiger partial charge on any atom is -0.385 e. The Kier molecular flexibility index (Phi) is 3.33. The number of rotatable bonds is 3. The van der Waals surface area contributed by atoms with E-state index in [2.05, 4.69) is 0 Å². The second-order valence-electron chi connectivity index (χ2n) is 2.99. The highest BCUT2D eigenvalue weighted by molar-refractivity contribution is 5.79. The van der Waals surface area contributed by atoms with Gasteiger partial charge in [-0.1, -0.05) is 0 Å². The molecule has 2 atom stereocenters. The molecule has 0 bridgehead atoms. The van der Waals surface area contributed by atoms with E-state index >= 15 is 0 Å². The third-order valence-electron chi connectivity index (χ3n) is 1.82. The molecule has 0 heterocycles. The van der Waals surface area contributed by atoms with E-state index in [9.17, 15) is 18.7 Å². The standard InChI is InChI=1S/C9H9F2NO3/c10-5-1-4(2-6(11)3-5)7(13)8(14)9(12)15/h1-3,7-8,13-14H,(H2,12,15). The molecule has 2 unspecified atom stereocenters. The van der Waals surface area contributed by atoms with Crippen LogP contribution in [0.15, 0.2) is 18.2 Å². The number of halogens is 2. The van der Waals surface area contributed by atoms with Crippen molar-refractivity contribution >= 4 is 5.91 Å². The molecule has 1 aromatic carbocycles. The summed E-state index contributed by atoms with van der Waals surface area (Å²) in [5.74, 6) is -3.01. The molecule has 0 aromatic heterocycles. The molecule has 1 rings (SSSR count). The lowest BCUT2D eigenvalue weighted by molar-refractivity contribution is -0.132. The average molecular weight is 217 g/mol. The number of hydrogen-bond donors (Lipinski definition) is 3. The summed E-state index contributed by atoms with van der Waals surface area (Å²) in [6.07, 6.45) is -3.64. The van der Waals surface area contributed by atoms with E-state index in [-0.39, 0.29) is 5.56 Å². The molecule has 4 nitrogen and oxygen atoms in total. The Morgan fingerprint density at radius 1 is 1.20 bits per heavy atom. The van der Waals surface area contributed by atoms with E-state index in [0.717, 1.165) is 12.1 Å². The molecule has 6 heteroatoms. The first kappa shape index (κ1) is 11.5. The highest BCUT2D eigenvalue weighted by Crippen LogP contribution is 2.19. The molecule has 1 aromatic rings. The third kappa shape index (κ3) is 2.71. The lowest BCUT2D eigenvalue weighted by atomic mass is 10.0. The number of hydrogen-bond acceptors (Lipinski definition) is 3. The van der Waals surface area contributed by atoms with Gasteiger partial charge < -0.3 is 15.9 Å². The van der Waals surface area contributed by atoms with Gasteiger partial charge in [0.2, 0.25) is 5.91 Å². The van der Waals surface area contributed by atoms with Gasteiger partial charge in [0.05, 0.1) is 0 Å². The van der Waals surface area contributed by atoms with Crippen molar-refractivity contribution in [1.82, 2.24) is 0 Å². The summed E-state index contributed by atoms with van der Waals surface area (Å²) < 4.78 is 25.4. The first-order valence-electron chi connectivity index (χ1n) is 4.03. The number of aliphatic hydroxyl groups is 2. The minimum absolute atomic E-state index is 0.251. The van der Waals surface area contributed by atoms with E-state index < -0.39 is 29.7 Å². The molecular weight excluding hydrogens is 208 g/mol. The number of carbonyl (C=O) groups is 1. The smallest absolute Gasteiger partial charge is 0.249 e. The Morgan fingerprint density at radius 2 is 1.67 bits per heavy atom. The Balaban J connectivity index is 3.00. The van der Waals surface area contributed by atoms with Gasteiger partial charge in [0.1, 0.15) is 17.7 Å². The van der Waals surface area contributed by atoms with Crippen LogP contribution in [0, 0.1) is 11.6 Å². The third-order valence-corrected chi connectivity index (χ3v) is 1.82. The maximum absolute atomic E-state index is 12.7. The highest BCUT2D eigenvalue weighted by atomic mass is 19.1. The van der Waals surface area contributed by atoms with E-state index in [4.69, 9.17) is 10.8 Å². The van der Waals surface area contributed by atoms with Crippen molar-refractivity contribution in [3.63, 3.8) is 0 Å². The summed E-state index contributed by atoms with van der Waals surface area (Å²) in [6.45, 7) is 0. The monoisotopic (exact) mass is 217 g/mol. The highest BCUT2D eigenvalue weighted by Gasteiger charge is 2.24. The topological polar surface area (TPSA) is 83.6 Å². The first-order valence-corrected chi connectivity index (χ1v) is 4.03. The molecule has 0 spiro atoms. The lowest BCUT2D eigenvalue weighted by Crippen LogP contribution is -2.33. The molecule has 1 amide bonds. The van der Waals surface area contributed by atoms with Crippen molar-refractivity contribution in [3.05, 3.63) is 35.4 Å². The number of aliphatic hydroxyl groups excluding tert-OH is 2. The fourth-order valence-electron chi connectivity index (χ4n) is 1.08. The van der Waals surface area contributed by atoms with E-state index in [0.29, 0.717) is 6.07 Å². The molecule has 0 aliphatic rings. The van der Waals surface area contributed by atoms with Crippen LogP contribution in [0.5, 0.6) is 0 Å². The summed E-state index contributed by atoms with van der Waals surface area (Å²) >= 11 is 0. The predicted octanol–water partition coefficient (Wildman–Crippen LogP) is -0.156. The van der Waals surface area contributed by atoms with Crippen molar-refractivity contribution in [2.45, 2.75) is 12.2 Å². The number of primary amides is 1. The molecule has 0 fully saturated rings. The van der Waals surface area contributed by atoms with Crippen LogP contribution in [-0.2, 0) is 4.79 Å². The normalized spacial score (nSPS) is 14.7. The van der Waals surface area contributed by atoms with Crippen LogP contribution in [0.4, 0.5) is 8.78 Å². The summed E-state index contributed by atoms with van der Waals surface area (Å²) in [5, 5.41) is 18.4. The van der Waals surface area contributed by atoms with Gasteiger partial charge in [-0.25, -0.2) is 8.78 Å². The fourth-order valence-corrected chi connectivity index (χ4v) is 1.08. The largest absolute Gasteiger partial charge is 0.385 e. The van der Waals surface area contributed by atoms with Crippen molar-refractivity contribution in [3.8, 4) is 0 Å². The van der Waals surface area contributed by atoms with Gasteiger partial charge in [0.15, 0.2) is 6.10 Å². The molecule has 0 aliphatic carbocycles. The van der Waals surface area contributed by atoms with Crippen LogP contribution < -0.4 is 5.73 Å². The summed E-state index contributed by atoms with van der Waals surface area (Å²) in [7, 11) is 0. The quantitative estimate of drug-likeness (QED) is 0.658. The van der Waals surface area contributed by atoms with E-state index in [1.54, 1.807) is 0 Å². The van der Waals surface area contributed by atoms with E-state index in [1.807, 2.05) is 0 Å². The van der Waals surface area contributed by atoms with Crippen LogP contribution in [0.3, 0.4) is 0 Å². The molecule has 0 aliphatic heterocycles. The molecule has 0 radical (unpaired) electrons. The maximum Gasteiger partial charge on any atom is 0.249 e. The Morgan fingerprint density at radius 3 is 2.07 bits per heavy atom. The maximum atomic E-state index is 12.7. The average Bonchev–Trinajstić information content (AvgIpc) is 2.13. The Bertz CT molecular complexity index is 363. The first-order chi connectivity index (χ1) is 6.91. The van der Waals surface area contributed by atoms with E-state index in [1.165, 1.54) is 0 Å². The molecule has 15 heavy (non-hydrogen) atoms. The van der Waals surface area contributed by atoms with Gasteiger partial charge in [-0.3, -0.25) is 4.79 Å². The summed E-state index contributed by atoms with van der Waals surface area (Å²) in [6, 6.07) is 2.21. The zero-order chi connectivity index (χ0) is 11.6. The molecule has 4 N–H and O–H groups in total. The van der Waals surface area contributed by atoms with Crippen LogP contribution >= 0.6 is 0 Å². The SMILES string of the molecule is NC(=O)C(O)C(O)c1cc(F)cc(F)c1. The molecule has 0 saturated heterocycles. The zero-order valence-electron chi connectivity index (χ0n) is 7.52.